The molecule has 0 aliphatic heterocycles. The fourth-order valence-corrected chi connectivity index (χ4v) is 2.95. The minimum Gasteiger partial charge on any atom is -0.351 e. The highest BCUT2D eigenvalue weighted by molar-refractivity contribution is 5.91. The number of hydrogen-bond donors (Lipinski definition) is 1. The Morgan fingerprint density at radius 3 is 2.60 bits per heavy atom. The fraction of sp³-hybridized carbons (Fsp3) is 0.211. The Bertz CT molecular complexity index is 869. The number of amides is 1. The van der Waals surface area contributed by atoms with E-state index in [9.17, 15) is 9.18 Å². The molecule has 1 aliphatic carbocycles. The maximum absolute atomic E-state index is 13.1. The molecule has 1 amide bonds. The molecule has 1 saturated carbocycles. The van der Waals surface area contributed by atoms with Crippen LogP contribution in [-0.2, 0) is 16.8 Å². The number of nitrogens with zero attached hydrogens (tertiary/aromatic N) is 3. The zero-order chi connectivity index (χ0) is 17.3. The van der Waals surface area contributed by atoms with Crippen molar-refractivity contribution in [1.29, 1.82) is 0 Å². The first kappa shape index (κ1) is 15.5. The van der Waals surface area contributed by atoms with Gasteiger partial charge in [0.2, 0.25) is 5.91 Å². The van der Waals surface area contributed by atoms with Crippen LogP contribution in [0.2, 0.25) is 0 Å². The van der Waals surface area contributed by atoms with Gasteiger partial charge in [0.25, 0.3) is 0 Å². The van der Waals surface area contributed by atoms with Crippen molar-refractivity contribution in [1.82, 2.24) is 20.1 Å². The van der Waals surface area contributed by atoms with Crippen molar-refractivity contribution >= 4 is 5.91 Å². The average Bonchev–Trinajstić information content (AvgIpc) is 3.27. The molecule has 3 aromatic rings. The van der Waals surface area contributed by atoms with Crippen molar-refractivity contribution < 1.29 is 9.18 Å². The van der Waals surface area contributed by atoms with E-state index in [1.807, 2.05) is 24.4 Å². The lowest BCUT2D eigenvalue weighted by Gasteiger charge is -2.16. The van der Waals surface area contributed by atoms with E-state index >= 15 is 0 Å². The number of pyridine rings is 1. The summed E-state index contributed by atoms with van der Waals surface area (Å²) in [5, 5.41) is 7.10. The summed E-state index contributed by atoms with van der Waals surface area (Å²) < 4.78 is 14.8. The number of rotatable bonds is 5. The zero-order valence-corrected chi connectivity index (χ0v) is 13.5. The van der Waals surface area contributed by atoms with E-state index in [2.05, 4.69) is 15.4 Å². The Labute approximate surface area is 144 Å². The zero-order valence-electron chi connectivity index (χ0n) is 13.5. The van der Waals surface area contributed by atoms with Crippen LogP contribution in [0, 0.1) is 5.82 Å². The van der Waals surface area contributed by atoms with Gasteiger partial charge in [-0.25, -0.2) is 14.1 Å². The molecule has 6 heteroatoms. The predicted octanol–water partition coefficient (Wildman–Crippen LogP) is 2.75. The number of carbonyl (C=O) groups is 1. The molecule has 1 aromatic carbocycles. The highest BCUT2D eigenvalue weighted by atomic mass is 19.1. The summed E-state index contributed by atoms with van der Waals surface area (Å²) in [7, 11) is 0. The molecule has 1 aliphatic rings. The van der Waals surface area contributed by atoms with Crippen molar-refractivity contribution in [2.75, 3.05) is 0 Å². The normalized spacial score (nSPS) is 14.9. The molecule has 0 unspecified atom stereocenters. The maximum Gasteiger partial charge on any atom is 0.230 e. The lowest BCUT2D eigenvalue weighted by Crippen LogP contribution is -2.34. The van der Waals surface area contributed by atoms with E-state index < -0.39 is 5.41 Å². The summed E-state index contributed by atoms with van der Waals surface area (Å²) in [5.74, 6) is 0.420. The van der Waals surface area contributed by atoms with Gasteiger partial charge in [0.15, 0.2) is 5.82 Å². The summed E-state index contributed by atoms with van der Waals surface area (Å²) in [6, 6.07) is 11.8. The monoisotopic (exact) mass is 336 g/mol. The molecule has 0 atom stereocenters. The minimum absolute atomic E-state index is 0.0183. The predicted molar refractivity (Wildman–Crippen MR) is 90.5 cm³/mol. The third-order valence-corrected chi connectivity index (χ3v) is 4.58. The second-order valence-electron chi connectivity index (χ2n) is 6.25. The molecule has 126 valence electrons. The molecule has 5 nitrogen and oxygen atoms in total. The van der Waals surface area contributed by atoms with Gasteiger partial charge >= 0.3 is 0 Å². The van der Waals surface area contributed by atoms with Crippen molar-refractivity contribution in [3.63, 3.8) is 0 Å². The van der Waals surface area contributed by atoms with E-state index in [1.165, 1.54) is 12.1 Å². The smallest absolute Gasteiger partial charge is 0.230 e. The molecular weight excluding hydrogens is 319 g/mol. The highest BCUT2D eigenvalue weighted by Gasteiger charge is 2.51. The lowest BCUT2D eigenvalue weighted by atomic mass is 9.95. The van der Waals surface area contributed by atoms with Crippen molar-refractivity contribution in [3.8, 4) is 5.82 Å². The molecule has 0 saturated heterocycles. The molecule has 2 heterocycles. The van der Waals surface area contributed by atoms with E-state index in [0.717, 1.165) is 29.8 Å². The van der Waals surface area contributed by atoms with Crippen molar-refractivity contribution in [2.24, 2.45) is 0 Å². The standard InChI is InChI=1S/C19H17FN4O/c20-16-5-3-15(4-6-16)19(8-9-19)18(25)22-13-14-2-7-17(21-12-14)24-11-1-10-23-24/h1-7,10-12H,8-9,13H2,(H,22,25). The Hall–Kier alpha value is -3.02. The van der Waals surface area contributed by atoms with Gasteiger partial charge in [-0.3, -0.25) is 4.79 Å². The van der Waals surface area contributed by atoms with Gasteiger partial charge in [-0.1, -0.05) is 18.2 Å². The van der Waals surface area contributed by atoms with Crippen LogP contribution in [0.15, 0.2) is 61.1 Å². The second-order valence-corrected chi connectivity index (χ2v) is 6.25. The van der Waals surface area contributed by atoms with E-state index in [-0.39, 0.29) is 11.7 Å². The van der Waals surface area contributed by atoms with Gasteiger partial charge in [0.05, 0.1) is 5.41 Å². The van der Waals surface area contributed by atoms with Crippen LogP contribution in [0.25, 0.3) is 5.82 Å². The molecule has 0 spiro atoms. The minimum atomic E-state index is -0.504. The van der Waals surface area contributed by atoms with Crippen LogP contribution in [0.1, 0.15) is 24.0 Å². The summed E-state index contributed by atoms with van der Waals surface area (Å²) >= 11 is 0. The fourth-order valence-electron chi connectivity index (χ4n) is 2.95. The molecule has 1 N–H and O–H groups in total. The second kappa shape index (κ2) is 6.12. The van der Waals surface area contributed by atoms with Crippen LogP contribution in [0.5, 0.6) is 0 Å². The van der Waals surface area contributed by atoms with Gasteiger partial charge in [-0.05, 0) is 48.2 Å². The number of nitrogens with one attached hydrogen (secondary N) is 1. The van der Waals surface area contributed by atoms with Gasteiger partial charge in [0, 0.05) is 25.1 Å². The van der Waals surface area contributed by atoms with Gasteiger partial charge < -0.3 is 5.32 Å². The van der Waals surface area contributed by atoms with Gasteiger partial charge in [-0.2, -0.15) is 5.10 Å². The Kier molecular flexibility index (Phi) is 3.80. The van der Waals surface area contributed by atoms with Gasteiger partial charge in [0.1, 0.15) is 5.82 Å². The molecule has 0 radical (unpaired) electrons. The van der Waals surface area contributed by atoms with Crippen LogP contribution in [0.3, 0.4) is 0 Å². The van der Waals surface area contributed by atoms with Crippen LogP contribution < -0.4 is 5.32 Å². The number of halogens is 1. The number of carbonyl (C=O) groups excluding carboxylic acids is 1. The van der Waals surface area contributed by atoms with E-state index in [1.54, 1.807) is 29.2 Å². The van der Waals surface area contributed by atoms with Crippen LogP contribution >= 0.6 is 0 Å². The molecular formula is C19H17FN4O. The largest absolute Gasteiger partial charge is 0.351 e. The molecule has 2 aromatic heterocycles. The molecule has 4 rings (SSSR count). The SMILES string of the molecule is O=C(NCc1ccc(-n2cccn2)nc1)C1(c2ccc(F)cc2)CC1. The highest BCUT2D eigenvalue weighted by Crippen LogP contribution is 2.48. The Morgan fingerprint density at radius 1 is 1.20 bits per heavy atom. The lowest BCUT2D eigenvalue weighted by molar-refractivity contribution is -0.123. The molecule has 1 fully saturated rings. The maximum atomic E-state index is 13.1. The number of aromatic nitrogens is 3. The Balaban J connectivity index is 1.41. The third-order valence-electron chi connectivity index (χ3n) is 4.58. The topological polar surface area (TPSA) is 59.8 Å². The quantitative estimate of drug-likeness (QED) is 0.779. The molecule has 25 heavy (non-hydrogen) atoms. The Morgan fingerprint density at radius 2 is 2.00 bits per heavy atom. The number of hydrogen-bond acceptors (Lipinski definition) is 3. The van der Waals surface area contributed by atoms with E-state index in [4.69, 9.17) is 0 Å². The summed E-state index contributed by atoms with van der Waals surface area (Å²) in [5.41, 5.74) is 1.29. The van der Waals surface area contributed by atoms with E-state index in [0.29, 0.717) is 6.54 Å². The van der Waals surface area contributed by atoms with Crippen LogP contribution in [-0.4, -0.2) is 20.7 Å². The summed E-state index contributed by atoms with van der Waals surface area (Å²) in [4.78, 5) is 17.0. The van der Waals surface area contributed by atoms with Crippen molar-refractivity contribution in [2.45, 2.75) is 24.8 Å². The molecule has 0 bridgehead atoms. The number of benzene rings is 1. The first-order valence-electron chi connectivity index (χ1n) is 8.17. The van der Waals surface area contributed by atoms with Gasteiger partial charge in [-0.15, -0.1) is 0 Å². The summed E-state index contributed by atoms with van der Waals surface area (Å²) in [6.45, 7) is 0.411. The first-order valence-corrected chi connectivity index (χ1v) is 8.17. The van der Waals surface area contributed by atoms with Crippen molar-refractivity contribution in [3.05, 3.63) is 78.0 Å². The third kappa shape index (κ3) is 3.03. The first-order chi connectivity index (χ1) is 12.2. The van der Waals surface area contributed by atoms with Crippen LogP contribution in [0.4, 0.5) is 4.39 Å². The average molecular weight is 336 g/mol. The summed E-state index contributed by atoms with van der Waals surface area (Å²) in [6.07, 6.45) is 6.83.